The molecule has 22 heavy (non-hydrogen) atoms. The van der Waals surface area contributed by atoms with Crippen LogP contribution in [0.3, 0.4) is 0 Å². The zero-order valence-corrected chi connectivity index (χ0v) is 14.6. The summed E-state index contributed by atoms with van der Waals surface area (Å²) in [6.45, 7) is 5.21. The molecule has 0 atom stereocenters. The van der Waals surface area contributed by atoms with E-state index >= 15 is 0 Å². The second kappa shape index (κ2) is 6.71. The Labute approximate surface area is 138 Å². The second-order valence-corrected chi connectivity index (χ2v) is 8.58. The fourth-order valence-electron chi connectivity index (χ4n) is 1.37. The van der Waals surface area contributed by atoms with Crippen molar-refractivity contribution in [1.82, 2.24) is 15.2 Å². The number of halogens is 3. The van der Waals surface area contributed by atoms with Crippen LogP contribution in [-0.4, -0.2) is 27.9 Å². The third kappa shape index (κ3) is 5.40. The van der Waals surface area contributed by atoms with E-state index in [0.29, 0.717) is 10.1 Å². The standard InChI is InChI=1S/C12H15F3N4S3/c1-11(2,3)8-17-7(4-20-8)5-21-10-19-18-9(22-10)16-6-12(13,14)15/h4H,5-6H2,1-3H3,(H,16,18). The summed E-state index contributed by atoms with van der Waals surface area (Å²) in [6.07, 6.45) is -4.26. The first kappa shape index (κ1) is 17.5. The number of nitrogens with zero attached hydrogens (tertiary/aromatic N) is 3. The van der Waals surface area contributed by atoms with Crippen molar-refractivity contribution in [2.75, 3.05) is 11.9 Å². The molecule has 2 aromatic heterocycles. The van der Waals surface area contributed by atoms with Gasteiger partial charge in [-0.3, -0.25) is 0 Å². The summed E-state index contributed by atoms with van der Waals surface area (Å²) in [6, 6.07) is 0. The number of hydrogen-bond donors (Lipinski definition) is 1. The summed E-state index contributed by atoms with van der Waals surface area (Å²) >= 11 is 4.14. The molecule has 122 valence electrons. The molecule has 0 spiro atoms. The molecule has 0 saturated heterocycles. The average molecular weight is 368 g/mol. The summed E-state index contributed by atoms with van der Waals surface area (Å²) in [5, 5.41) is 13.0. The van der Waals surface area contributed by atoms with E-state index in [1.807, 2.05) is 5.38 Å². The van der Waals surface area contributed by atoms with Crippen LogP contribution in [0.5, 0.6) is 0 Å². The molecule has 4 nitrogen and oxygen atoms in total. The normalized spacial score (nSPS) is 12.6. The molecule has 0 amide bonds. The molecule has 0 aliphatic heterocycles. The van der Waals surface area contributed by atoms with Gasteiger partial charge in [-0.25, -0.2) is 4.98 Å². The van der Waals surface area contributed by atoms with E-state index in [4.69, 9.17) is 0 Å². The Bertz CT molecular complexity index is 616. The van der Waals surface area contributed by atoms with Crippen molar-refractivity contribution in [3.05, 3.63) is 16.1 Å². The number of rotatable bonds is 5. The molecule has 10 heteroatoms. The molecule has 0 radical (unpaired) electrons. The number of thiazole rings is 1. The number of anilines is 1. The van der Waals surface area contributed by atoms with Crippen LogP contribution in [0.25, 0.3) is 0 Å². The van der Waals surface area contributed by atoms with Crippen molar-refractivity contribution in [1.29, 1.82) is 0 Å². The van der Waals surface area contributed by atoms with Crippen LogP contribution in [0.4, 0.5) is 18.3 Å². The summed E-state index contributed by atoms with van der Waals surface area (Å²) in [7, 11) is 0. The Morgan fingerprint density at radius 2 is 1.95 bits per heavy atom. The maximum Gasteiger partial charge on any atom is 0.405 e. The van der Waals surface area contributed by atoms with E-state index in [1.54, 1.807) is 11.3 Å². The van der Waals surface area contributed by atoms with Crippen molar-refractivity contribution < 1.29 is 13.2 Å². The van der Waals surface area contributed by atoms with Crippen LogP contribution in [0.2, 0.25) is 0 Å². The van der Waals surface area contributed by atoms with Gasteiger partial charge < -0.3 is 5.32 Å². The highest BCUT2D eigenvalue weighted by Crippen LogP contribution is 2.31. The predicted molar refractivity (Wildman–Crippen MR) is 84.8 cm³/mol. The average Bonchev–Trinajstić information content (AvgIpc) is 3.02. The fourth-order valence-corrected chi connectivity index (χ4v) is 4.02. The Hall–Kier alpha value is -0.870. The quantitative estimate of drug-likeness (QED) is 0.784. The van der Waals surface area contributed by atoms with Gasteiger partial charge in [0, 0.05) is 16.5 Å². The summed E-state index contributed by atoms with van der Waals surface area (Å²) in [5.74, 6) is 0.625. The summed E-state index contributed by atoms with van der Waals surface area (Å²) < 4.78 is 36.9. The van der Waals surface area contributed by atoms with Crippen LogP contribution in [0, 0.1) is 0 Å². The lowest BCUT2D eigenvalue weighted by Gasteiger charge is -2.13. The highest BCUT2D eigenvalue weighted by molar-refractivity contribution is 8.00. The first-order valence-electron chi connectivity index (χ1n) is 6.35. The van der Waals surface area contributed by atoms with Gasteiger partial charge in [-0.15, -0.1) is 21.5 Å². The molecule has 0 fully saturated rings. The van der Waals surface area contributed by atoms with Crippen LogP contribution in [0.15, 0.2) is 9.72 Å². The van der Waals surface area contributed by atoms with Gasteiger partial charge in [-0.1, -0.05) is 43.9 Å². The predicted octanol–water partition coefficient (Wildman–Crippen LogP) is 4.56. The fraction of sp³-hybridized carbons (Fsp3) is 0.583. The molecule has 0 aliphatic carbocycles. The highest BCUT2D eigenvalue weighted by Gasteiger charge is 2.27. The van der Waals surface area contributed by atoms with E-state index in [-0.39, 0.29) is 10.5 Å². The molecule has 1 N–H and O–H groups in total. The van der Waals surface area contributed by atoms with E-state index in [9.17, 15) is 13.2 Å². The minimum Gasteiger partial charge on any atom is -0.351 e. The minimum atomic E-state index is -4.26. The van der Waals surface area contributed by atoms with Gasteiger partial charge >= 0.3 is 6.18 Å². The van der Waals surface area contributed by atoms with E-state index < -0.39 is 12.7 Å². The van der Waals surface area contributed by atoms with Crippen molar-refractivity contribution >= 4 is 39.6 Å². The van der Waals surface area contributed by atoms with Gasteiger partial charge in [-0.2, -0.15) is 13.2 Å². The summed E-state index contributed by atoms with van der Waals surface area (Å²) in [4.78, 5) is 4.56. The molecule has 0 aliphatic rings. The van der Waals surface area contributed by atoms with Crippen molar-refractivity contribution in [3.8, 4) is 0 Å². The van der Waals surface area contributed by atoms with Crippen molar-refractivity contribution in [3.63, 3.8) is 0 Å². The second-order valence-electron chi connectivity index (χ2n) is 5.52. The van der Waals surface area contributed by atoms with Gasteiger partial charge in [0.05, 0.1) is 10.7 Å². The molecule has 0 bridgehead atoms. The van der Waals surface area contributed by atoms with E-state index in [0.717, 1.165) is 22.0 Å². The van der Waals surface area contributed by atoms with Crippen LogP contribution in [0.1, 0.15) is 31.5 Å². The first-order chi connectivity index (χ1) is 10.1. The third-order valence-electron chi connectivity index (χ3n) is 2.38. The number of aromatic nitrogens is 3. The van der Waals surface area contributed by atoms with Crippen molar-refractivity contribution in [2.24, 2.45) is 0 Å². The maximum absolute atomic E-state index is 12.1. The highest BCUT2D eigenvalue weighted by atomic mass is 32.2. The maximum atomic E-state index is 12.1. The Balaban J connectivity index is 1.87. The molecular formula is C12H15F3N4S3. The molecule has 2 rings (SSSR count). The van der Waals surface area contributed by atoms with Crippen LogP contribution in [-0.2, 0) is 11.2 Å². The van der Waals surface area contributed by atoms with Crippen molar-refractivity contribution in [2.45, 2.75) is 42.5 Å². The van der Waals surface area contributed by atoms with Gasteiger partial charge in [0.2, 0.25) is 5.13 Å². The number of nitrogens with one attached hydrogen (secondary N) is 1. The molecular weight excluding hydrogens is 353 g/mol. The first-order valence-corrected chi connectivity index (χ1v) is 9.03. The van der Waals surface area contributed by atoms with E-state index in [2.05, 4.69) is 41.3 Å². The number of hydrogen-bond acceptors (Lipinski definition) is 7. The van der Waals surface area contributed by atoms with E-state index in [1.165, 1.54) is 11.8 Å². The summed E-state index contributed by atoms with van der Waals surface area (Å²) in [5.41, 5.74) is 0.963. The van der Waals surface area contributed by atoms with Crippen LogP contribution >= 0.6 is 34.4 Å². The largest absolute Gasteiger partial charge is 0.405 e. The SMILES string of the molecule is CC(C)(C)c1nc(CSc2nnc(NCC(F)(F)F)s2)cs1. The smallest absolute Gasteiger partial charge is 0.351 e. The third-order valence-corrected chi connectivity index (χ3v) is 5.75. The number of alkyl halides is 3. The monoisotopic (exact) mass is 368 g/mol. The van der Waals surface area contributed by atoms with Gasteiger partial charge in [0.15, 0.2) is 4.34 Å². The molecule has 0 saturated carbocycles. The number of thioether (sulfide) groups is 1. The van der Waals surface area contributed by atoms with Gasteiger partial charge in [0.1, 0.15) is 6.54 Å². The Morgan fingerprint density at radius 3 is 2.55 bits per heavy atom. The zero-order valence-electron chi connectivity index (χ0n) is 12.2. The molecule has 2 heterocycles. The molecule has 0 aromatic carbocycles. The minimum absolute atomic E-state index is 0.0189. The Morgan fingerprint density at radius 1 is 1.23 bits per heavy atom. The topological polar surface area (TPSA) is 50.7 Å². The lowest BCUT2D eigenvalue weighted by molar-refractivity contribution is -0.115. The lowest BCUT2D eigenvalue weighted by Crippen LogP contribution is -2.21. The zero-order chi connectivity index (χ0) is 16.4. The Kier molecular flexibility index (Phi) is 5.33. The molecule has 0 unspecified atom stereocenters. The van der Waals surface area contributed by atoms with Gasteiger partial charge in [0.25, 0.3) is 0 Å². The van der Waals surface area contributed by atoms with Gasteiger partial charge in [-0.05, 0) is 0 Å². The molecule has 2 aromatic rings. The van der Waals surface area contributed by atoms with Crippen LogP contribution < -0.4 is 5.32 Å². The lowest BCUT2D eigenvalue weighted by atomic mass is 9.98.